The predicted molar refractivity (Wildman–Crippen MR) is 78.3 cm³/mol. The lowest BCUT2D eigenvalue weighted by Gasteiger charge is -2.11. The van der Waals surface area contributed by atoms with Gasteiger partial charge in [-0.05, 0) is 52.9 Å². The van der Waals surface area contributed by atoms with Crippen LogP contribution in [0, 0.1) is 23.0 Å². The van der Waals surface area contributed by atoms with Crippen LogP contribution in [0.1, 0.15) is 23.2 Å². The molecule has 0 unspecified atom stereocenters. The molecule has 21 heavy (non-hydrogen) atoms. The second kappa shape index (κ2) is 5.41. The van der Waals surface area contributed by atoms with E-state index in [9.17, 15) is 14.0 Å². The SMILES string of the molecule is N#Cc1cc2c(nc1Nc1cc(Br)c(F)cc1F)CCC2. The van der Waals surface area contributed by atoms with Gasteiger partial charge < -0.3 is 5.32 Å². The van der Waals surface area contributed by atoms with Gasteiger partial charge in [-0.1, -0.05) is 0 Å². The van der Waals surface area contributed by atoms with E-state index in [1.165, 1.54) is 6.07 Å². The number of pyridine rings is 1. The first-order valence-corrected chi connectivity index (χ1v) is 7.22. The highest BCUT2D eigenvalue weighted by atomic mass is 79.9. The Kier molecular flexibility index (Phi) is 3.60. The quantitative estimate of drug-likeness (QED) is 0.825. The molecule has 6 heteroatoms. The third-order valence-electron chi connectivity index (χ3n) is 3.43. The van der Waals surface area contributed by atoms with Crippen LogP contribution in [0.15, 0.2) is 22.7 Å². The van der Waals surface area contributed by atoms with Gasteiger partial charge in [-0.15, -0.1) is 0 Å². The Bertz CT molecular complexity index is 768. The molecule has 0 atom stereocenters. The molecule has 3 nitrogen and oxygen atoms in total. The van der Waals surface area contributed by atoms with Gasteiger partial charge in [0.05, 0.1) is 15.7 Å². The molecule has 0 saturated carbocycles. The first-order chi connectivity index (χ1) is 10.1. The van der Waals surface area contributed by atoms with Gasteiger partial charge in [-0.25, -0.2) is 13.8 Å². The molecule has 0 bridgehead atoms. The summed E-state index contributed by atoms with van der Waals surface area (Å²) in [7, 11) is 0. The molecular formula is C15H10BrF2N3. The number of aromatic nitrogens is 1. The molecule has 1 aromatic heterocycles. The van der Waals surface area contributed by atoms with Crippen LogP contribution in [0.25, 0.3) is 0 Å². The predicted octanol–water partition coefficient (Wildman–Crippen LogP) is 4.23. The maximum atomic E-state index is 13.8. The van der Waals surface area contributed by atoms with Gasteiger partial charge in [0, 0.05) is 11.8 Å². The van der Waals surface area contributed by atoms with E-state index in [4.69, 9.17) is 0 Å². The minimum atomic E-state index is -0.734. The van der Waals surface area contributed by atoms with Gasteiger partial charge in [0.15, 0.2) is 0 Å². The number of hydrogen-bond donors (Lipinski definition) is 1. The van der Waals surface area contributed by atoms with Crippen LogP contribution in [0.4, 0.5) is 20.3 Å². The van der Waals surface area contributed by atoms with Crippen molar-refractivity contribution in [2.24, 2.45) is 0 Å². The number of hydrogen-bond acceptors (Lipinski definition) is 3. The number of nitrogens with zero attached hydrogens (tertiary/aromatic N) is 2. The average Bonchev–Trinajstić information content (AvgIpc) is 2.91. The number of rotatable bonds is 2. The number of benzene rings is 1. The molecule has 2 aromatic rings. The van der Waals surface area contributed by atoms with Gasteiger partial charge in [0.25, 0.3) is 0 Å². The van der Waals surface area contributed by atoms with Crippen molar-refractivity contribution in [3.05, 3.63) is 51.1 Å². The molecule has 0 fully saturated rings. The van der Waals surface area contributed by atoms with E-state index >= 15 is 0 Å². The van der Waals surface area contributed by atoms with Crippen molar-refractivity contribution in [2.45, 2.75) is 19.3 Å². The van der Waals surface area contributed by atoms with Crippen LogP contribution in [0.5, 0.6) is 0 Å². The highest BCUT2D eigenvalue weighted by Crippen LogP contribution is 2.29. The summed E-state index contributed by atoms with van der Waals surface area (Å²) in [6.07, 6.45) is 2.77. The first kappa shape index (κ1) is 14.0. The third-order valence-corrected chi connectivity index (χ3v) is 4.04. The molecule has 1 aromatic carbocycles. The zero-order valence-corrected chi connectivity index (χ0v) is 12.5. The molecule has 0 radical (unpaired) electrons. The zero-order valence-electron chi connectivity index (χ0n) is 10.9. The van der Waals surface area contributed by atoms with Crippen LogP contribution < -0.4 is 5.32 Å². The Morgan fingerprint density at radius 1 is 1.19 bits per heavy atom. The molecule has 1 N–H and O–H groups in total. The molecule has 3 rings (SSSR count). The van der Waals surface area contributed by atoms with Crippen LogP contribution in [0.3, 0.4) is 0 Å². The van der Waals surface area contributed by atoms with Crippen molar-refractivity contribution < 1.29 is 8.78 Å². The average molecular weight is 350 g/mol. The van der Waals surface area contributed by atoms with Gasteiger partial charge in [-0.2, -0.15) is 5.26 Å². The van der Waals surface area contributed by atoms with E-state index < -0.39 is 11.6 Å². The Morgan fingerprint density at radius 3 is 2.76 bits per heavy atom. The number of fused-ring (bicyclic) bond motifs is 1. The standard InChI is InChI=1S/C15H10BrF2N3/c16-10-5-14(12(18)6-11(10)17)21-15-9(7-19)4-8-2-1-3-13(8)20-15/h4-6H,1-3H2,(H,20,21). The molecular weight excluding hydrogens is 340 g/mol. The van der Waals surface area contributed by atoms with Crippen molar-refractivity contribution in [3.63, 3.8) is 0 Å². The molecule has 106 valence electrons. The van der Waals surface area contributed by atoms with Crippen molar-refractivity contribution in [3.8, 4) is 6.07 Å². The van der Waals surface area contributed by atoms with E-state index in [1.54, 1.807) is 6.07 Å². The van der Waals surface area contributed by atoms with Crippen LogP contribution >= 0.6 is 15.9 Å². The number of nitrogens with one attached hydrogen (secondary N) is 1. The van der Waals surface area contributed by atoms with Crippen LogP contribution in [0.2, 0.25) is 0 Å². The lowest BCUT2D eigenvalue weighted by molar-refractivity contribution is 0.581. The smallest absolute Gasteiger partial charge is 0.149 e. The number of aryl methyl sites for hydroxylation is 2. The van der Waals surface area contributed by atoms with Crippen LogP contribution in [-0.4, -0.2) is 4.98 Å². The van der Waals surface area contributed by atoms with E-state index in [0.717, 1.165) is 36.6 Å². The van der Waals surface area contributed by atoms with E-state index in [-0.39, 0.29) is 10.2 Å². The fraction of sp³-hybridized carbons (Fsp3) is 0.200. The Balaban J connectivity index is 2.02. The Hall–Kier alpha value is -2.00. The normalized spacial score (nSPS) is 12.9. The van der Waals surface area contributed by atoms with Crippen LogP contribution in [-0.2, 0) is 12.8 Å². The lowest BCUT2D eigenvalue weighted by atomic mass is 10.1. The maximum absolute atomic E-state index is 13.8. The monoisotopic (exact) mass is 349 g/mol. The van der Waals surface area contributed by atoms with Crippen molar-refractivity contribution in [1.29, 1.82) is 5.26 Å². The summed E-state index contributed by atoms with van der Waals surface area (Å²) in [5, 5.41) is 12.0. The second-order valence-corrected chi connectivity index (χ2v) is 5.68. The molecule has 0 aliphatic heterocycles. The lowest BCUT2D eigenvalue weighted by Crippen LogP contribution is -2.03. The van der Waals surface area contributed by atoms with Gasteiger partial charge in [0.2, 0.25) is 0 Å². The fourth-order valence-corrected chi connectivity index (χ4v) is 2.74. The van der Waals surface area contributed by atoms with Crippen molar-refractivity contribution in [2.75, 3.05) is 5.32 Å². The molecule has 0 saturated heterocycles. The number of nitriles is 1. The van der Waals surface area contributed by atoms with Crippen molar-refractivity contribution in [1.82, 2.24) is 4.98 Å². The van der Waals surface area contributed by atoms with E-state index in [0.29, 0.717) is 11.4 Å². The summed E-state index contributed by atoms with van der Waals surface area (Å²) in [6, 6.07) is 5.92. The summed E-state index contributed by atoms with van der Waals surface area (Å²) in [6.45, 7) is 0. The number of anilines is 2. The Morgan fingerprint density at radius 2 is 2.00 bits per heavy atom. The van der Waals surface area contributed by atoms with Gasteiger partial charge >= 0.3 is 0 Å². The molecule has 1 heterocycles. The highest BCUT2D eigenvalue weighted by Gasteiger charge is 2.17. The Labute approximate surface area is 128 Å². The summed E-state index contributed by atoms with van der Waals surface area (Å²) >= 11 is 3.01. The van der Waals surface area contributed by atoms with E-state index in [2.05, 4.69) is 32.3 Å². The highest BCUT2D eigenvalue weighted by molar-refractivity contribution is 9.10. The second-order valence-electron chi connectivity index (χ2n) is 4.83. The van der Waals surface area contributed by atoms with Gasteiger partial charge in [0.1, 0.15) is 23.5 Å². The minimum Gasteiger partial charge on any atom is -0.337 e. The summed E-state index contributed by atoms with van der Waals surface area (Å²) in [4.78, 5) is 4.40. The number of halogens is 3. The van der Waals surface area contributed by atoms with Crippen molar-refractivity contribution >= 4 is 27.4 Å². The largest absolute Gasteiger partial charge is 0.337 e. The first-order valence-electron chi connectivity index (χ1n) is 6.43. The summed E-state index contributed by atoms with van der Waals surface area (Å²) < 4.78 is 27.2. The summed E-state index contributed by atoms with van der Waals surface area (Å²) in [5.41, 5.74) is 2.43. The molecule has 1 aliphatic carbocycles. The molecule has 0 amide bonds. The molecule has 0 spiro atoms. The van der Waals surface area contributed by atoms with E-state index in [1.807, 2.05) is 0 Å². The molecule has 1 aliphatic rings. The third kappa shape index (κ3) is 2.61. The fourth-order valence-electron chi connectivity index (χ4n) is 2.40. The van der Waals surface area contributed by atoms with Gasteiger partial charge in [-0.3, -0.25) is 0 Å². The zero-order chi connectivity index (χ0) is 15.0. The maximum Gasteiger partial charge on any atom is 0.149 e. The topological polar surface area (TPSA) is 48.7 Å². The minimum absolute atomic E-state index is 0.0743. The summed E-state index contributed by atoms with van der Waals surface area (Å²) in [5.74, 6) is -1.11.